The molecule has 2 aromatic carbocycles. The monoisotopic (exact) mass is 418 g/mol. The van der Waals surface area contributed by atoms with Crippen LogP contribution >= 0.6 is 0 Å². The molecule has 2 heterocycles. The highest BCUT2D eigenvalue weighted by atomic mass is 16.3. The second-order valence-electron chi connectivity index (χ2n) is 8.05. The number of carbonyl (C=O) groups is 2. The maximum Gasteiger partial charge on any atom is 0.309 e. The van der Waals surface area contributed by atoms with Crippen LogP contribution in [-0.2, 0) is 29.1 Å². The van der Waals surface area contributed by atoms with Gasteiger partial charge in [0.2, 0.25) is 0 Å². The second kappa shape index (κ2) is 9.62. The molecule has 0 bridgehead atoms. The predicted octanol–water partition coefficient (Wildman–Crippen LogP) is 1.70. The quantitative estimate of drug-likeness (QED) is 0.534. The molecule has 4 rings (SSSR count). The van der Waals surface area contributed by atoms with Crippen molar-refractivity contribution in [1.82, 2.24) is 10.6 Å². The van der Waals surface area contributed by atoms with Crippen LogP contribution in [0.2, 0.25) is 0 Å². The van der Waals surface area contributed by atoms with Crippen molar-refractivity contribution in [3.8, 4) is 0 Å². The van der Waals surface area contributed by atoms with Gasteiger partial charge in [0.05, 0.1) is 19.4 Å². The largest absolute Gasteiger partial charge is 0.463 e. The number of fused-ring (bicyclic) bond motifs is 1. The molecule has 6 heteroatoms. The number of nitrogens with one attached hydrogen (secondary N) is 3. The Hall–Kier alpha value is -3.38. The van der Waals surface area contributed by atoms with E-state index in [1.807, 2.05) is 43.3 Å². The van der Waals surface area contributed by atoms with Crippen molar-refractivity contribution in [2.45, 2.75) is 32.5 Å². The Morgan fingerprint density at radius 2 is 1.71 bits per heavy atom. The number of amides is 2. The maximum atomic E-state index is 12.4. The molecule has 0 radical (unpaired) electrons. The lowest BCUT2D eigenvalue weighted by Gasteiger charge is -2.31. The Morgan fingerprint density at radius 1 is 0.968 bits per heavy atom. The summed E-state index contributed by atoms with van der Waals surface area (Å²) in [5, 5.41) is 5.49. The summed E-state index contributed by atoms with van der Waals surface area (Å²) in [6.07, 6.45) is 2.63. The van der Waals surface area contributed by atoms with Gasteiger partial charge in [-0.05, 0) is 30.2 Å². The fourth-order valence-electron chi connectivity index (χ4n) is 4.08. The van der Waals surface area contributed by atoms with Gasteiger partial charge in [0.15, 0.2) is 11.8 Å². The normalized spacial score (nSPS) is 16.2. The highest BCUT2D eigenvalue weighted by Crippen LogP contribution is 2.15. The van der Waals surface area contributed by atoms with Gasteiger partial charge < -0.3 is 20.0 Å². The van der Waals surface area contributed by atoms with Crippen molar-refractivity contribution >= 4 is 11.8 Å². The van der Waals surface area contributed by atoms with E-state index >= 15 is 0 Å². The first-order valence-electron chi connectivity index (χ1n) is 10.7. The molecular formula is C25H28N3O3+. The van der Waals surface area contributed by atoms with Crippen LogP contribution in [0.4, 0.5) is 0 Å². The van der Waals surface area contributed by atoms with Crippen LogP contribution in [0.5, 0.6) is 0 Å². The van der Waals surface area contributed by atoms with Crippen molar-refractivity contribution in [3.05, 3.63) is 94.9 Å². The molecule has 0 saturated carbocycles. The number of benzene rings is 2. The van der Waals surface area contributed by atoms with E-state index in [-0.39, 0.29) is 6.04 Å². The predicted molar refractivity (Wildman–Crippen MR) is 117 cm³/mol. The molecular weight excluding hydrogens is 390 g/mol. The van der Waals surface area contributed by atoms with Crippen molar-refractivity contribution in [1.29, 1.82) is 0 Å². The fourth-order valence-corrected chi connectivity index (χ4v) is 4.08. The zero-order valence-electron chi connectivity index (χ0n) is 17.7. The fraction of sp³-hybridized carbons (Fsp3) is 0.280. The standard InChI is InChI=1S/C25H27N3O3/c1-18-8-10-19(11-9-18)15-26-24(29)25(30)27-16-22(23-7-4-14-31-23)28-13-12-20-5-2-3-6-21(20)17-28/h2-11,14,22H,12-13,15-17H2,1H3,(H,26,29)(H,27,30)/p+1/t22-/m0/s1. The average Bonchev–Trinajstić information content (AvgIpc) is 3.33. The van der Waals surface area contributed by atoms with E-state index < -0.39 is 11.8 Å². The molecule has 0 aliphatic carbocycles. The van der Waals surface area contributed by atoms with E-state index in [4.69, 9.17) is 4.42 Å². The minimum absolute atomic E-state index is 0.0581. The summed E-state index contributed by atoms with van der Waals surface area (Å²) >= 11 is 0. The van der Waals surface area contributed by atoms with Crippen LogP contribution in [0.15, 0.2) is 71.3 Å². The summed E-state index contributed by atoms with van der Waals surface area (Å²) in [6, 6.07) is 20.0. The molecule has 1 aromatic heterocycles. The van der Waals surface area contributed by atoms with Gasteiger partial charge in [-0.3, -0.25) is 9.59 Å². The average molecular weight is 419 g/mol. The summed E-state index contributed by atoms with van der Waals surface area (Å²) in [5.41, 5.74) is 4.81. The zero-order chi connectivity index (χ0) is 21.6. The Labute approximate surface area is 182 Å². The minimum Gasteiger partial charge on any atom is -0.463 e. The van der Waals surface area contributed by atoms with Gasteiger partial charge in [-0.15, -0.1) is 0 Å². The van der Waals surface area contributed by atoms with Gasteiger partial charge in [0.1, 0.15) is 6.54 Å². The maximum absolute atomic E-state index is 12.4. The van der Waals surface area contributed by atoms with Gasteiger partial charge >= 0.3 is 11.8 Å². The number of aryl methyl sites for hydroxylation is 1. The molecule has 1 aliphatic rings. The van der Waals surface area contributed by atoms with Crippen LogP contribution in [0.25, 0.3) is 0 Å². The zero-order valence-corrected chi connectivity index (χ0v) is 17.7. The highest BCUT2D eigenvalue weighted by Gasteiger charge is 2.31. The Balaban J connectivity index is 1.36. The third kappa shape index (κ3) is 5.22. The number of furan rings is 1. The lowest BCUT2D eigenvalue weighted by atomic mass is 9.98. The van der Waals surface area contributed by atoms with E-state index in [1.54, 1.807) is 6.26 Å². The highest BCUT2D eigenvalue weighted by molar-refractivity contribution is 6.35. The number of carbonyl (C=O) groups excluding carboxylic acids is 2. The van der Waals surface area contributed by atoms with Crippen molar-refractivity contribution in [2.75, 3.05) is 13.1 Å². The summed E-state index contributed by atoms with van der Waals surface area (Å²) < 4.78 is 5.67. The topological polar surface area (TPSA) is 75.8 Å². The van der Waals surface area contributed by atoms with E-state index in [2.05, 4.69) is 34.9 Å². The van der Waals surface area contributed by atoms with E-state index in [0.717, 1.165) is 36.4 Å². The molecule has 2 atom stereocenters. The molecule has 160 valence electrons. The molecule has 1 unspecified atom stereocenters. The summed E-state index contributed by atoms with van der Waals surface area (Å²) in [7, 11) is 0. The summed E-state index contributed by atoms with van der Waals surface area (Å²) in [5.74, 6) is -0.437. The van der Waals surface area contributed by atoms with Crippen LogP contribution in [0, 0.1) is 6.92 Å². The second-order valence-corrected chi connectivity index (χ2v) is 8.05. The van der Waals surface area contributed by atoms with E-state index in [9.17, 15) is 9.59 Å². The number of quaternary nitrogens is 1. The molecule has 0 saturated heterocycles. The first kappa shape index (κ1) is 20.9. The Morgan fingerprint density at radius 3 is 2.45 bits per heavy atom. The summed E-state index contributed by atoms with van der Waals surface area (Å²) in [6.45, 7) is 4.47. The van der Waals surface area contributed by atoms with Gasteiger partial charge in [0, 0.05) is 18.5 Å². The van der Waals surface area contributed by atoms with Gasteiger partial charge in [-0.25, -0.2) is 0 Å². The van der Waals surface area contributed by atoms with Crippen molar-refractivity contribution in [2.24, 2.45) is 0 Å². The number of hydrogen-bond donors (Lipinski definition) is 3. The SMILES string of the molecule is Cc1ccc(CNC(=O)C(=O)NC[C@@H](c2ccco2)[NH+]2CCc3ccccc3C2)cc1. The molecule has 2 amide bonds. The molecule has 1 aliphatic heterocycles. The van der Waals surface area contributed by atoms with E-state index in [0.29, 0.717) is 13.1 Å². The third-order valence-corrected chi connectivity index (χ3v) is 5.88. The lowest BCUT2D eigenvalue weighted by Crippen LogP contribution is -3.12. The smallest absolute Gasteiger partial charge is 0.309 e. The first-order chi connectivity index (χ1) is 15.1. The summed E-state index contributed by atoms with van der Waals surface area (Å²) in [4.78, 5) is 26.0. The van der Waals surface area contributed by atoms with Crippen LogP contribution in [0.1, 0.15) is 34.1 Å². The van der Waals surface area contributed by atoms with E-state index in [1.165, 1.54) is 16.0 Å². The van der Waals surface area contributed by atoms with Crippen LogP contribution in [0.3, 0.4) is 0 Å². The number of hydrogen-bond acceptors (Lipinski definition) is 3. The third-order valence-electron chi connectivity index (χ3n) is 5.88. The van der Waals surface area contributed by atoms with Crippen LogP contribution in [-0.4, -0.2) is 24.9 Å². The molecule has 3 N–H and O–H groups in total. The van der Waals surface area contributed by atoms with Gasteiger partial charge in [0.25, 0.3) is 0 Å². The molecule has 6 nitrogen and oxygen atoms in total. The van der Waals surface area contributed by atoms with Gasteiger partial charge in [-0.2, -0.15) is 0 Å². The number of rotatable bonds is 6. The minimum atomic E-state index is -0.627. The lowest BCUT2D eigenvalue weighted by molar-refractivity contribution is -0.946. The van der Waals surface area contributed by atoms with Crippen LogP contribution < -0.4 is 15.5 Å². The van der Waals surface area contributed by atoms with Crippen molar-refractivity contribution < 1.29 is 18.9 Å². The molecule has 3 aromatic rings. The molecule has 0 spiro atoms. The van der Waals surface area contributed by atoms with Gasteiger partial charge in [-0.1, -0.05) is 54.1 Å². The Bertz CT molecular complexity index is 1030. The molecule has 31 heavy (non-hydrogen) atoms. The van der Waals surface area contributed by atoms with Crippen molar-refractivity contribution in [3.63, 3.8) is 0 Å². The first-order valence-corrected chi connectivity index (χ1v) is 10.7. The molecule has 0 fully saturated rings. The Kier molecular flexibility index (Phi) is 6.48.